The summed E-state index contributed by atoms with van der Waals surface area (Å²) >= 11 is 0. The third kappa shape index (κ3) is 4.12. The Morgan fingerprint density at radius 2 is 1.61 bits per heavy atom. The number of urea groups is 1. The first-order chi connectivity index (χ1) is 15.8. The minimum atomic E-state index is -0.742. The van der Waals surface area contributed by atoms with Crippen molar-refractivity contribution in [3.63, 3.8) is 0 Å². The molecule has 1 N–H and O–H groups in total. The molecular weight excluding hydrogens is 414 g/mol. The number of imide groups is 2. The van der Waals surface area contributed by atoms with Crippen LogP contribution >= 0.6 is 0 Å². The average Bonchev–Trinajstić information content (AvgIpc) is 3.09. The second kappa shape index (κ2) is 8.90. The molecule has 2 aromatic carbocycles. The zero-order valence-corrected chi connectivity index (χ0v) is 19.3. The quantitative estimate of drug-likeness (QED) is 0.433. The van der Waals surface area contributed by atoms with E-state index >= 15 is 0 Å². The van der Waals surface area contributed by atoms with Crippen LogP contribution in [0, 0.1) is 13.8 Å². The lowest BCUT2D eigenvalue weighted by atomic mass is 9.98. The third-order valence-corrected chi connectivity index (χ3v) is 6.22. The maximum atomic E-state index is 13.3. The molecule has 1 aliphatic heterocycles. The van der Waals surface area contributed by atoms with Crippen LogP contribution < -0.4 is 10.2 Å². The lowest BCUT2D eigenvalue weighted by Crippen LogP contribution is -2.54. The summed E-state index contributed by atoms with van der Waals surface area (Å²) in [4.78, 5) is 39.4. The zero-order valence-electron chi connectivity index (χ0n) is 19.3. The molecule has 1 aliphatic rings. The average molecular weight is 442 g/mol. The number of hydrogen-bond donors (Lipinski definition) is 1. The molecular formula is C27H27N3O3. The number of rotatable bonds is 5. The topological polar surface area (TPSA) is 71.4 Å². The highest BCUT2D eigenvalue weighted by Gasteiger charge is 2.37. The number of carbonyl (C=O) groups is 3. The maximum absolute atomic E-state index is 13.3. The number of amides is 4. The van der Waals surface area contributed by atoms with Crippen LogP contribution in [0.25, 0.3) is 11.8 Å². The lowest BCUT2D eigenvalue weighted by molar-refractivity contribution is -0.122. The molecule has 1 atom stereocenters. The predicted octanol–water partition coefficient (Wildman–Crippen LogP) is 5.27. The van der Waals surface area contributed by atoms with Crippen LogP contribution in [-0.2, 0) is 9.59 Å². The molecule has 0 aliphatic carbocycles. The lowest BCUT2D eigenvalue weighted by Gasteiger charge is -2.26. The van der Waals surface area contributed by atoms with Crippen molar-refractivity contribution in [3.8, 4) is 5.69 Å². The van der Waals surface area contributed by atoms with Crippen LogP contribution in [-0.4, -0.2) is 22.4 Å². The summed E-state index contributed by atoms with van der Waals surface area (Å²) in [5.41, 5.74) is 5.10. The summed E-state index contributed by atoms with van der Waals surface area (Å²) in [6.45, 7) is 8.14. The standard InChI is InChI=1S/C27H27N3O3/c1-5-17(2)20-11-13-23(14-12-20)30-26(32)24(25(31)28-27(30)33)16-21-15-18(3)29(19(21)4)22-9-7-6-8-10-22/h6-17H,5H2,1-4H3,(H,28,31,33)/b24-16+. The molecule has 2 heterocycles. The summed E-state index contributed by atoms with van der Waals surface area (Å²) in [5, 5.41) is 2.30. The first-order valence-corrected chi connectivity index (χ1v) is 11.1. The van der Waals surface area contributed by atoms with E-state index in [2.05, 4.69) is 23.7 Å². The van der Waals surface area contributed by atoms with Crippen LogP contribution in [0.1, 0.15) is 48.7 Å². The largest absolute Gasteiger partial charge is 0.335 e. The van der Waals surface area contributed by atoms with E-state index in [1.165, 1.54) is 0 Å². The van der Waals surface area contributed by atoms with Crippen LogP contribution in [0.2, 0.25) is 0 Å². The number of anilines is 1. The van der Waals surface area contributed by atoms with Crippen molar-refractivity contribution in [1.82, 2.24) is 9.88 Å². The highest BCUT2D eigenvalue weighted by molar-refractivity contribution is 6.39. The fraction of sp³-hybridized carbons (Fsp3) is 0.222. The maximum Gasteiger partial charge on any atom is 0.335 e. The van der Waals surface area contributed by atoms with Gasteiger partial charge < -0.3 is 4.57 Å². The van der Waals surface area contributed by atoms with Gasteiger partial charge in [0.25, 0.3) is 11.8 Å². The van der Waals surface area contributed by atoms with Gasteiger partial charge in [0.2, 0.25) is 0 Å². The Kier molecular flexibility index (Phi) is 6.01. The Morgan fingerprint density at radius 1 is 0.939 bits per heavy atom. The molecule has 1 aromatic heterocycles. The van der Waals surface area contributed by atoms with Crippen molar-refractivity contribution in [2.45, 2.75) is 40.0 Å². The van der Waals surface area contributed by atoms with Crippen molar-refractivity contribution in [2.24, 2.45) is 0 Å². The first-order valence-electron chi connectivity index (χ1n) is 11.1. The van der Waals surface area contributed by atoms with E-state index in [1.54, 1.807) is 18.2 Å². The summed E-state index contributed by atoms with van der Waals surface area (Å²) in [6, 6.07) is 18.4. The SMILES string of the molecule is CCC(C)c1ccc(N2C(=O)NC(=O)/C(=C\c3cc(C)n(-c4ccccc4)c3C)C2=O)cc1. The van der Waals surface area contributed by atoms with Crippen LogP contribution in [0.3, 0.4) is 0 Å². The molecule has 3 aromatic rings. The van der Waals surface area contributed by atoms with Crippen molar-refractivity contribution in [2.75, 3.05) is 4.90 Å². The van der Waals surface area contributed by atoms with E-state index in [-0.39, 0.29) is 5.57 Å². The number of nitrogens with zero attached hydrogens (tertiary/aromatic N) is 2. The van der Waals surface area contributed by atoms with Crippen LogP contribution in [0.4, 0.5) is 10.5 Å². The summed E-state index contributed by atoms with van der Waals surface area (Å²) in [5.74, 6) is -0.951. The fourth-order valence-corrected chi connectivity index (χ4v) is 4.14. The molecule has 0 bridgehead atoms. The van der Waals surface area contributed by atoms with E-state index < -0.39 is 17.8 Å². The van der Waals surface area contributed by atoms with Crippen LogP contribution in [0.5, 0.6) is 0 Å². The second-order valence-corrected chi connectivity index (χ2v) is 8.36. The van der Waals surface area contributed by atoms with Crippen molar-refractivity contribution in [1.29, 1.82) is 0 Å². The molecule has 1 unspecified atom stereocenters. The molecule has 4 amide bonds. The molecule has 168 valence electrons. The smallest absolute Gasteiger partial charge is 0.318 e. The number of para-hydroxylation sites is 1. The normalized spacial score (nSPS) is 16.3. The molecule has 0 spiro atoms. The summed E-state index contributed by atoms with van der Waals surface area (Å²) in [6.07, 6.45) is 2.55. The number of aryl methyl sites for hydroxylation is 1. The van der Waals surface area contributed by atoms with Gasteiger partial charge in [-0.2, -0.15) is 0 Å². The number of barbiturate groups is 1. The summed E-state index contributed by atoms with van der Waals surface area (Å²) < 4.78 is 2.06. The molecule has 0 radical (unpaired) electrons. The van der Waals surface area contributed by atoms with Crippen molar-refractivity contribution in [3.05, 3.63) is 88.8 Å². The first kappa shape index (κ1) is 22.3. The molecule has 0 saturated carbocycles. The van der Waals surface area contributed by atoms with E-state index in [0.29, 0.717) is 11.6 Å². The van der Waals surface area contributed by atoms with Gasteiger partial charge in [-0.25, -0.2) is 9.69 Å². The zero-order chi connectivity index (χ0) is 23.7. The van der Waals surface area contributed by atoms with Crippen molar-refractivity contribution >= 4 is 29.6 Å². The van der Waals surface area contributed by atoms with E-state index in [0.717, 1.165) is 39.5 Å². The van der Waals surface area contributed by atoms with Gasteiger partial charge in [0, 0.05) is 17.1 Å². The Morgan fingerprint density at radius 3 is 2.24 bits per heavy atom. The number of aromatic nitrogens is 1. The molecule has 6 heteroatoms. The van der Waals surface area contributed by atoms with Gasteiger partial charge in [-0.1, -0.05) is 44.2 Å². The molecule has 6 nitrogen and oxygen atoms in total. The molecule has 4 rings (SSSR count). The monoisotopic (exact) mass is 441 g/mol. The number of carbonyl (C=O) groups excluding carboxylic acids is 3. The highest BCUT2D eigenvalue weighted by atomic mass is 16.2. The third-order valence-electron chi connectivity index (χ3n) is 6.22. The highest BCUT2D eigenvalue weighted by Crippen LogP contribution is 2.27. The fourth-order valence-electron chi connectivity index (χ4n) is 4.14. The van der Waals surface area contributed by atoms with Crippen molar-refractivity contribution < 1.29 is 14.4 Å². The van der Waals surface area contributed by atoms with Gasteiger partial charge in [0.1, 0.15) is 5.57 Å². The molecule has 1 saturated heterocycles. The van der Waals surface area contributed by atoms with Gasteiger partial charge in [-0.3, -0.25) is 14.9 Å². The second-order valence-electron chi connectivity index (χ2n) is 8.36. The number of hydrogen-bond acceptors (Lipinski definition) is 3. The molecule has 1 fully saturated rings. The van der Waals surface area contributed by atoms with Crippen LogP contribution in [0.15, 0.2) is 66.2 Å². The Hall–Kier alpha value is -3.93. The molecule has 33 heavy (non-hydrogen) atoms. The van der Waals surface area contributed by atoms with Gasteiger partial charge >= 0.3 is 6.03 Å². The summed E-state index contributed by atoms with van der Waals surface area (Å²) in [7, 11) is 0. The van der Waals surface area contributed by atoms with E-state index in [4.69, 9.17) is 0 Å². The number of nitrogens with one attached hydrogen (secondary N) is 1. The van der Waals surface area contributed by atoms with E-state index in [9.17, 15) is 14.4 Å². The Balaban J connectivity index is 1.71. The Labute approximate surface area is 193 Å². The minimum Gasteiger partial charge on any atom is -0.318 e. The van der Waals surface area contributed by atoms with Gasteiger partial charge in [0.05, 0.1) is 5.69 Å². The minimum absolute atomic E-state index is 0.0751. The predicted molar refractivity (Wildman–Crippen MR) is 129 cm³/mol. The van der Waals surface area contributed by atoms with Gasteiger partial charge in [0.15, 0.2) is 0 Å². The number of benzene rings is 2. The Bertz CT molecular complexity index is 1250. The van der Waals surface area contributed by atoms with E-state index in [1.807, 2.05) is 62.4 Å². The van der Waals surface area contributed by atoms with Gasteiger partial charge in [-0.05, 0) is 73.7 Å². The van der Waals surface area contributed by atoms with Gasteiger partial charge in [-0.15, -0.1) is 0 Å².